The van der Waals surface area contributed by atoms with Crippen LogP contribution in [0.4, 0.5) is 28.5 Å². The zero-order valence-corrected chi connectivity index (χ0v) is 24.1. The van der Waals surface area contributed by atoms with E-state index in [1.54, 1.807) is 0 Å². The molecular formula is C28H30F4N6O4S. The number of ether oxygens (including phenoxy) is 1. The molecule has 15 heteroatoms. The van der Waals surface area contributed by atoms with Gasteiger partial charge in [0.25, 0.3) is 5.91 Å². The summed E-state index contributed by atoms with van der Waals surface area (Å²) < 4.78 is 60.3. The lowest BCUT2D eigenvalue weighted by atomic mass is 9.97. The van der Waals surface area contributed by atoms with Gasteiger partial charge in [-0.1, -0.05) is 11.3 Å². The number of hydrogen-bond acceptors (Lipinski definition) is 9. The Bertz CT molecular complexity index is 1460. The highest BCUT2D eigenvalue weighted by molar-refractivity contribution is 7.16. The average molecular weight is 623 g/mol. The summed E-state index contributed by atoms with van der Waals surface area (Å²) in [5.41, 5.74) is -0.519. The van der Waals surface area contributed by atoms with Gasteiger partial charge in [-0.25, -0.2) is 19.3 Å². The number of halogens is 4. The number of likely N-dealkylation sites (tertiary alicyclic amines) is 1. The van der Waals surface area contributed by atoms with Crippen LogP contribution in [-0.2, 0) is 17.5 Å². The molecule has 0 saturated carbocycles. The molecule has 230 valence electrons. The van der Waals surface area contributed by atoms with Gasteiger partial charge in [-0.3, -0.25) is 19.8 Å². The first-order valence-corrected chi connectivity index (χ1v) is 14.6. The number of amides is 1. The van der Waals surface area contributed by atoms with Crippen molar-refractivity contribution in [2.75, 3.05) is 43.5 Å². The zero-order chi connectivity index (χ0) is 30.7. The van der Waals surface area contributed by atoms with Gasteiger partial charge in [0, 0.05) is 36.6 Å². The number of aromatic nitrogens is 3. The molecular weight excluding hydrogens is 592 g/mol. The molecule has 3 aromatic rings. The fourth-order valence-corrected chi connectivity index (χ4v) is 6.30. The predicted octanol–water partition coefficient (Wildman–Crippen LogP) is 5.11. The topological polar surface area (TPSA) is 121 Å². The summed E-state index contributed by atoms with van der Waals surface area (Å²) in [6.45, 7) is 2.09. The minimum absolute atomic E-state index is 0.00239. The van der Waals surface area contributed by atoms with E-state index in [0.29, 0.717) is 56.0 Å². The van der Waals surface area contributed by atoms with Crippen LogP contribution in [0.1, 0.15) is 46.6 Å². The Balaban J connectivity index is 1.37. The lowest BCUT2D eigenvalue weighted by molar-refractivity contribution is -0.142. The maximum atomic E-state index is 14.1. The molecule has 0 bridgehead atoms. The molecule has 2 N–H and O–H groups in total. The van der Waals surface area contributed by atoms with Crippen LogP contribution in [0, 0.1) is 5.92 Å². The van der Waals surface area contributed by atoms with Crippen molar-refractivity contribution in [3.8, 4) is 17.0 Å². The molecule has 2 saturated heterocycles. The summed E-state index contributed by atoms with van der Waals surface area (Å²) in [6, 6.07) is 3.65. The number of thiazole rings is 1. The molecule has 1 atom stereocenters. The normalized spacial score (nSPS) is 18.4. The number of benzene rings is 1. The van der Waals surface area contributed by atoms with Gasteiger partial charge in [0.1, 0.15) is 23.4 Å². The highest BCUT2D eigenvalue weighted by Crippen LogP contribution is 2.41. The van der Waals surface area contributed by atoms with Crippen molar-refractivity contribution in [2.45, 2.75) is 44.6 Å². The molecule has 4 heterocycles. The van der Waals surface area contributed by atoms with Crippen LogP contribution in [0.15, 0.2) is 30.6 Å². The van der Waals surface area contributed by atoms with E-state index in [1.165, 1.54) is 24.5 Å². The van der Waals surface area contributed by atoms with Gasteiger partial charge < -0.3 is 14.7 Å². The molecule has 0 radical (unpaired) electrons. The molecule has 2 aromatic heterocycles. The Labute approximate surface area is 248 Å². The van der Waals surface area contributed by atoms with Crippen LogP contribution in [-0.4, -0.2) is 76.3 Å². The van der Waals surface area contributed by atoms with Crippen molar-refractivity contribution < 1.29 is 37.0 Å². The van der Waals surface area contributed by atoms with E-state index in [-0.39, 0.29) is 40.9 Å². The van der Waals surface area contributed by atoms with Crippen LogP contribution in [0.2, 0.25) is 0 Å². The smallest absolute Gasteiger partial charge is 0.419 e. The van der Waals surface area contributed by atoms with Gasteiger partial charge in [-0.15, -0.1) is 0 Å². The number of aliphatic carboxylic acids is 1. The summed E-state index contributed by atoms with van der Waals surface area (Å²) in [7, 11) is 1.16. The number of piperidine rings is 2. The number of hydrogen-bond donors (Lipinski definition) is 2. The third-order valence-corrected chi connectivity index (χ3v) is 8.51. The maximum Gasteiger partial charge on any atom is 0.419 e. The molecule has 2 aliphatic rings. The predicted molar refractivity (Wildman–Crippen MR) is 151 cm³/mol. The van der Waals surface area contributed by atoms with E-state index in [1.807, 2.05) is 9.80 Å². The van der Waals surface area contributed by atoms with E-state index in [4.69, 9.17) is 4.74 Å². The largest absolute Gasteiger partial charge is 0.496 e. The number of alkyl halides is 4. The van der Waals surface area contributed by atoms with Crippen LogP contribution in [0.3, 0.4) is 0 Å². The number of carboxylic acids is 1. The third kappa shape index (κ3) is 7.21. The minimum Gasteiger partial charge on any atom is -0.496 e. The minimum atomic E-state index is -4.67. The van der Waals surface area contributed by atoms with Crippen LogP contribution < -0.4 is 15.0 Å². The van der Waals surface area contributed by atoms with Crippen LogP contribution in [0.5, 0.6) is 5.75 Å². The highest BCUT2D eigenvalue weighted by atomic mass is 32.1. The van der Waals surface area contributed by atoms with Crippen LogP contribution >= 0.6 is 11.3 Å². The summed E-state index contributed by atoms with van der Waals surface area (Å²) in [5.74, 6) is -1.63. The summed E-state index contributed by atoms with van der Waals surface area (Å²) in [6.07, 6.45) is -0.835. The number of nitrogens with one attached hydrogen (secondary N) is 1. The molecule has 10 nitrogen and oxygen atoms in total. The second-order valence-electron chi connectivity index (χ2n) is 10.5. The Morgan fingerprint density at radius 1 is 1.14 bits per heavy atom. The van der Waals surface area contributed by atoms with Crippen LogP contribution in [0.25, 0.3) is 11.3 Å². The van der Waals surface area contributed by atoms with E-state index in [0.717, 1.165) is 24.5 Å². The Hall–Kier alpha value is -3.85. The molecule has 0 spiro atoms. The third-order valence-electron chi connectivity index (χ3n) is 7.55. The van der Waals surface area contributed by atoms with Crippen molar-refractivity contribution in [2.24, 2.45) is 5.92 Å². The molecule has 5 rings (SSSR count). The number of carbonyl (C=O) groups is 2. The molecule has 2 fully saturated rings. The van der Waals surface area contributed by atoms with Gasteiger partial charge in [-0.2, -0.15) is 13.2 Å². The van der Waals surface area contributed by atoms with E-state index >= 15 is 0 Å². The molecule has 1 unspecified atom stereocenters. The number of nitrogens with zero attached hydrogens (tertiary/aromatic N) is 5. The quantitative estimate of drug-likeness (QED) is 0.330. The van der Waals surface area contributed by atoms with Gasteiger partial charge in [0.15, 0.2) is 5.13 Å². The van der Waals surface area contributed by atoms with E-state index in [9.17, 15) is 32.3 Å². The second-order valence-corrected chi connectivity index (χ2v) is 11.6. The van der Waals surface area contributed by atoms with Crippen molar-refractivity contribution in [1.29, 1.82) is 0 Å². The fourth-order valence-electron chi connectivity index (χ4n) is 5.28. The van der Waals surface area contributed by atoms with Gasteiger partial charge in [0.2, 0.25) is 0 Å². The SMILES string of the molecule is COc1ccc(-c2nc(NC(=O)c3cnc(N4CCC(C(=O)O)CC4)cn3)sc2CN2CCCC(F)C2)cc1C(F)(F)F. The monoisotopic (exact) mass is 622 g/mol. The van der Waals surface area contributed by atoms with E-state index < -0.39 is 35.7 Å². The molecule has 1 amide bonds. The van der Waals surface area contributed by atoms with Gasteiger partial charge >= 0.3 is 12.1 Å². The van der Waals surface area contributed by atoms with Gasteiger partial charge in [0.05, 0.1) is 36.7 Å². The standard InChI is InChI=1S/C28H30F4N6O4S/c1-42-21-5-4-17(11-19(21)28(30,31)32)24-22(15-37-8-2-3-18(29)14-37)43-27(35-24)36-25(39)20-12-34-23(13-33-20)38-9-6-16(7-10-38)26(40)41/h4-5,11-13,16,18H,2-3,6-10,14-15H2,1H3,(H,40,41)(H,35,36,39). The van der Waals surface area contributed by atoms with Crippen molar-refractivity contribution in [3.63, 3.8) is 0 Å². The van der Waals surface area contributed by atoms with Crippen molar-refractivity contribution in [1.82, 2.24) is 19.9 Å². The molecule has 0 aliphatic carbocycles. The number of anilines is 2. The molecule has 2 aliphatic heterocycles. The second kappa shape index (κ2) is 12.8. The molecule has 1 aromatic carbocycles. The van der Waals surface area contributed by atoms with Crippen molar-refractivity contribution in [3.05, 3.63) is 46.7 Å². The number of carboxylic acid groups (broad SMARTS) is 1. The summed E-state index contributed by atoms with van der Waals surface area (Å²) in [4.78, 5) is 41.6. The van der Waals surface area contributed by atoms with E-state index in [2.05, 4.69) is 20.3 Å². The highest BCUT2D eigenvalue weighted by Gasteiger charge is 2.35. The summed E-state index contributed by atoms with van der Waals surface area (Å²) in [5, 5.41) is 12.0. The molecule has 43 heavy (non-hydrogen) atoms. The number of rotatable bonds is 8. The number of methoxy groups -OCH3 is 1. The Kier molecular flexibility index (Phi) is 9.11. The lowest BCUT2D eigenvalue weighted by Gasteiger charge is -2.30. The summed E-state index contributed by atoms with van der Waals surface area (Å²) >= 11 is 1.10. The van der Waals surface area contributed by atoms with Crippen molar-refractivity contribution >= 4 is 34.2 Å². The lowest BCUT2D eigenvalue weighted by Crippen LogP contribution is -2.36. The maximum absolute atomic E-state index is 14.1. The zero-order valence-electron chi connectivity index (χ0n) is 23.2. The van der Waals surface area contributed by atoms with Gasteiger partial charge in [-0.05, 0) is 50.4 Å². The first-order valence-electron chi connectivity index (χ1n) is 13.7. The Morgan fingerprint density at radius 2 is 1.91 bits per heavy atom. The first-order chi connectivity index (χ1) is 20.5. The number of carbonyl (C=O) groups excluding carboxylic acids is 1. The fraction of sp³-hybridized carbons (Fsp3) is 0.464. The Morgan fingerprint density at radius 3 is 2.53 bits per heavy atom. The first kappa shape index (κ1) is 30.6. The average Bonchev–Trinajstić information content (AvgIpc) is 3.38.